The summed E-state index contributed by atoms with van der Waals surface area (Å²) in [5, 5.41) is 10.1. The van der Waals surface area contributed by atoms with Gasteiger partial charge in [-0.2, -0.15) is 5.10 Å². The Morgan fingerprint density at radius 3 is 2.37 bits per heavy atom. The summed E-state index contributed by atoms with van der Waals surface area (Å²) in [6.07, 6.45) is 1.29. The van der Waals surface area contributed by atoms with Crippen molar-refractivity contribution < 1.29 is 23.9 Å². The standard InChI is InChI=1S/C32H23ClN4O5S/c1-19-13-15-21(16-14-19)35-29(38)23-9-2-4-11-25(23)36-30(39)31(40)37-34-18-20-7-6-8-22(17-20)42-32(41)28-27(33)24-10-3-5-12-26(24)43-28/h2-18H,1H3,(H,35,38)(H,36,39)(H,37,40)/b34-18-. The Labute approximate surface area is 255 Å². The van der Waals surface area contributed by atoms with Crippen molar-refractivity contribution in [3.05, 3.63) is 124 Å². The SMILES string of the molecule is Cc1ccc(NC(=O)c2ccccc2NC(=O)C(=O)N/N=C\c2cccc(OC(=O)c3sc4ccccc4c3Cl)c2)cc1. The predicted octanol–water partition coefficient (Wildman–Crippen LogP) is 6.42. The number of hydrogen-bond acceptors (Lipinski definition) is 7. The van der Waals surface area contributed by atoms with E-state index in [1.165, 1.54) is 35.8 Å². The second-order valence-corrected chi connectivity index (χ2v) is 10.7. The van der Waals surface area contributed by atoms with E-state index in [0.717, 1.165) is 15.6 Å². The molecule has 0 saturated carbocycles. The molecule has 0 bridgehead atoms. The minimum absolute atomic E-state index is 0.157. The number of para-hydroxylation sites is 1. The van der Waals surface area contributed by atoms with Crippen LogP contribution in [0.15, 0.2) is 102 Å². The molecule has 43 heavy (non-hydrogen) atoms. The molecule has 11 heteroatoms. The maximum absolute atomic E-state index is 12.8. The van der Waals surface area contributed by atoms with Crippen molar-refractivity contribution in [2.45, 2.75) is 6.92 Å². The van der Waals surface area contributed by atoms with Crippen molar-refractivity contribution in [2.75, 3.05) is 10.6 Å². The molecule has 3 amide bonds. The Morgan fingerprint density at radius 1 is 0.837 bits per heavy atom. The monoisotopic (exact) mass is 610 g/mol. The number of fused-ring (bicyclic) bond motifs is 1. The number of nitrogens with zero attached hydrogens (tertiary/aromatic N) is 1. The molecule has 0 atom stereocenters. The van der Waals surface area contributed by atoms with Crippen molar-refractivity contribution in [2.24, 2.45) is 5.10 Å². The molecule has 0 saturated heterocycles. The maximum atomic E-state index is 12.8. The van der Waals surface area contributed by atoms with E-state index in [-0.39, 0.29) is 21.9 Å². The van der Waals surface area contributed by atoms with E-state index >= 15 is 0 Å². The third kappa shape index (κ3) is 7.13. The van der Waals surface area contributed by atoms with Gasteiger partial charge in [0.1, 0.15) is 10.6 Å². The quantitative estimate of drug-likeness (QED) is 0.0644. The Bertz CT molecular complexity index is 1880. The zero-order valence-corrected chi connectivity index (χ0v) is 24.2. The lowest BCUT2D eigenvalue weighted by molar-refractivity contribution is -0.136. The molecule has 0 spiro atoms. The maximum Gasteiger partial charge on any atom is 0.355 e. The Hall–Kier alpha value is -5.32. The number of ether oxygens (including phenoxy) is 1. The third-order valence-corrected chi connectivity index (χ3v) is 7.76. The van der Waals surface area contributed by atoms with Crippen LogP contribution in [0.1, 0.15) is 31.2 Å². The van der Waals surface area contributed by atoms with Crippen LogP contribution in [-0.4, -0.2) is 29.9 Å². The van der Waals surface area contributed by atoms with Crippen molar-refractivity contribution in [1.82, 2.24) is 5.43 Å². The van der Waals surface area contributed by atoms with E-state index in [4.69, 9.17) is 16.3 Å². The van der Waals surface area contributed by atoms with Crippen molar-refractivity contribution in [3.8, 4) is 5.75 Å². The predicted molar refractivity (Wildman–Crippen MR) is 168 cm³/mol. The molecule has 0 fully saturated rings. The highest BCUT2D eigenvalue weighted by Crippen LogP contribution is 2.35. The molecule has 0 radical (unpaired) electrons. The summed E-state index contributed by atoms with van der Waals surface area (Å²) in [6, 6.07) is 27.4. The smallest absolute Gasteiger partial charge is 0.355 e. The fraction of sp³-hybridized carbons (Fsp3) is 0.0312. The van der Waals surface area contributed by atoms with Crippen molar-refractivity contribution in [1.29, 1.82) is 0 Å². The van der Waals surface area contributed by atoms with Gasteiger partial charge in [-0.1, -0.05) is 71.8 Å². The van der Waals surface area contributed by atoms with E-state index in [1.807, 2.05) is 43.3 Å². The summed E-state index contributed by atoms with van der Waals surface area (Å²) in [5.74, 6) is -2.87. The lowest BCUT2D eigenvalue weighted by atomic mass is 10.1. The largest absolute Gasteiger partial charge is 0.422 e. The molecule has 0 aliphatic heterocycles. The van der Waals surface area contributed by atoms with Gasteiger partial charge in [0, 0.05) is 15.8 Å². The molecule has 5 rings (SSSR count). The minimum Gasteiger partial charge on any atom is -0.422 e. The summed E-state index contributed by atoms with van der Waals surface area (Å²) in [6.45, 7) is 1.94. The van der Waals surface area contributed by atoms with Gasteiger partial charge in [-0.3, -0.25) is 14.4 Å². The summed E-state index contributed by atoms with van der Waals surface area (Å²) in [7, 11) is 0. The summed E-state index contributed by atoms with van der Waals surface area (Å²) < 4.78 is 6.37. The van der Waals surface area contributed by atoms with Crippen LogP contribution >= 0.6 is 22.9 Å². The van der Waals surface area contributed by atoms with Crippen LogP contribution in [0.2, 0.25) is 5.02 Å². The number of nitrogens with one attached hydrogen (secondary N) is 3. The number of carbonyl (C=O) groups is 4. The molecular weight excluding hydrogens is 588 g/mol. The first-order valence-electron chi connectivity index (χ1n) is 12.9. The van der Waals surface area contributed by atoms with Crippen LogP contribution in [0.3, 0.4) is 0 Å². The van der Waals surface area contributed by atoms with E-state index in [0.29, 0.717) is 16.3 Å². The van der Waals surface area contributed by atoms with Gasteiger partial charge in [-0.25, -0.2) is 10.2 Å². The number of thiophene rings is 1. The van der Waals surface area contributed by atoms with Crippen molar-refractivity contribution in [3.63, 3.8) is 0 Å². The normalized spacial score (nSPS) is 10.8. The van der Waals surface area contributed by atoms with Crippen LogP contribution in [0.5, 0.6) is 5.75 Å². The third-order valence-electron chi connectivity index (χ3n) is 6.10. The molecule has 1 aromatic heterocycles. The Kier molecular flexibility index (Phi) is 8.90. The number of rotatable bonds is 7. The van der Waals surface area contributed by atoms with E-state index in [2.05, 4.69) is 21.2 Å². The molecule has 9 nitrogen and oxygen atoms in total. The number of aryl methyl sites for hydroxylation is 1. The molecule has 0 aliphatic rings. The molecule has 0 aliphatic carbocycles. The fourth-order valence-electron chi connectivity index (χ4n) is 3.98. The first-order chi connectivity index (χ1) is 20.8. The van der Waals surface area contributed by atoms with Crippen LogP contribution in [0.25, 0.3) is 10.1 Å². The Morgan fingerprint density at radius 2 is 1.58 bits per heavy atom. The zero-order chi connectivity index (χ0) is 30.3. The number of amides is 3. The number of halogens is 1. The topological polar surface area (TPSA) is 126 Å². The number of esters is 1. The molecule has 0 unspecified atom stereocenters. The number of hydrazone groups is 1. The first-order valence-corrected chi connectivity index (χ1v) is 14.1. The molecule has 4 aromatic carbocycles. The molecule has 5 aromatic rings. The summed E-state index contributed by atoms with van der Waals surface area (Å²) >= 11 is 7.62. The van der Waals surface area contributed by atoms with Gasteiger partial charge >= 0.3 is 17.8 Å². The van der Waals surface area contributed by atoms with Gasteiger partial charge in [-0.15, -0.1) is 11.3 Å². The highest BCUT2D eigenvalue weighted by molar-refractivity contribution is 7.21. The van der Waals surface area contributed by atoms with Gasteiger partial charge in [0.05, 0.1) is 22.5 Å². The number of anilines is 2. The molecule has 214 valence electrons. The van der Waals surface area contributed by atoms with Crippen LogP contribution in [0, 0.1) is 6.92 Å². The second kappa shape index (κ2) is 13.1. The number of carbonyl (C=O) groups excluding carboxylic acids is 4. The zero-order valence-electron chi connectivity index (χ0n) is 22.6. The fourth-order valence-corrected chi connectivity index (χ4v) is 5.36. The van der Waals surface area contributed by atoms with Crippen LogP contribution in [0.4, 0.5) is 11.4 Å². The lowest BCUT2D eigenvalue weighted by Crippen LogP contribution is -2.33. The van der Waals surface area contributed by atoms with Gasteiger partial charge in [0.15, 0.2) is 0 Å². The molecule has 3 N–H and O–H groups in total. The van der Waals surface area contributed by atoms with Crippen LogP contribution in [-0.2, 0) is 9.59 Å². The molecular formula is C32H23ClN4O5S. The average Bonchev–Trinajstić information content (AvgIpc) is 3.35. The van der Waals surface area contributed by atoms with E-state index in [9.17, 15) is 19.2 Å². The van der Waals surface area contributed by atoms with Crippen molar-refractivity contribution >= 4 is 74.3 Å². The molecule has 1 heterocycles. The minimum atomic E-state index is -1.05. The number of hydrogen-bond donors (Lipinski definition) is 3. The van der Waals surface area contributed by atoms with Gasteiger partial charge < -0.3 is 15.4 Å². The van der Waals surface area contributed by atoms with Gasteiger partial charge in [0.2, 0.25) is 0 Å². The average molecular weight is 611 g/mol. The number of benzene rings is 4. The van der Waals surface area contributed by atoms with Gasteiger partial charge in [-0.05, 0) is 55.0 Å². The van der Waals surface area contributed by atoms with E-state index in [1.54, 1.807) is 42.5 Å². The highest BCUT2D eigenvalue weighted by Gasteiger charge is 2.20. The Balaban J connectivity index is 1.18. The first kappa shape index (κ1) is 29.2. The van der Waals surface area contributed by atoms with E-state index < -0.39 is 23.7 Å². The summed E-state index contributed by atoms with van der Waals surface area (Å²) in [5.41, 5.74) is 4.61. The van der Waals surface area contributed by atoms with Gasteiger partial charge in [0.25, 0.3) is 5.91 Å². The second-order valence-electron chi connectivity index (χ2n) is 9.22. The highest BCUT2D eigenvalue weighted by atomic mass is 35.5. The summed E-state index contributed by atoms with van der Waals surface area (Å²) in [4.78, 5) is 50.8. The van der Waals surface area contributed by atoms with Crippen LogP contribution < -0.4 is 20.8 Å². The lowest BCUT2D eigenvalue weighted by Gasteiger charge is -2.11.